The average Bonchev–Trinajstić information content (AvgIpc) is 2.62. The topological polar surface area (TPSA) is 64.9 Å². The lowest BCUT2D eigenvalue weighted by atomic mass is 9.78. The van der Waals surface area contributed by atoms with Crippen molar-refractivity contribution in [1.82, 2.24) is 4.90 Å². The van der Waals surface area contributed by atoms with Gasteiger partial charge in [-0.1, -0.05) is 36.6 Å². The second kappa shape index (κ2) is 8.19. The second-order valence-electron chi connectivity index (χ2n) is 7.20. The van der Waals surface area contributed by atoms with Crippen molar-refractivity contribution in [2.45, 2.75) is 32.2 Å². The van der Waals surface area contributed by atoms with Crippen molar-refractivity contribution in [3.63, 3.8) is 0 Å². The molecule has 1 aliphatic carbocycles. The van der Waals surface area contributed by atoms with Crippen LogP contribution in [0.5, 0.6) is 0 Å². The Morgan fingerprint density at radius 1 is 1.16 bits per heavy atom. The smallest absolute Gasteiger partial charge is 0.226 e. The van der Waals surface area contributed by atoms with E-state index < -0.39 is 17.8 Å². The first-order valence-corrected chi connectivity index (χ1v) is 9.50. The van der Waals surface area contributed by atoms with Crippen molar-refractivity contribution in [3.8, 4) is 0 Å². The molecule has 25 heavy (non-hydrogen) atoms. The first kappa shape index (κ1) is 18.2. The molecule has 1 aliphatic heterocycles. The summed E-state index contributed by atoms with van der Waals surface area (Å²) in [5, 5.41) is 12.1. The van der Waals surface area contributed by atoms with E-state index in [4.69, 9.17) is 11.6 Å². The lowest BCUT2D eigenvalue weighted by Crippen LogP contribution is -3.13. The van der Waals surface area contributed by atoms with Crippen molar-refractivity contribution in [2.24, 2.45) is 11.8 Å². The van der Waals surface area contributed by atoms with Gasteiger partial charge in [-0.05, 0) is 25.0 Å². The first-order chi connectivity index (χ1) is 12.0. The zero-order valence-electron chi connectivity index (χ0n) is 14.4. The number of nitrogens with one attached hydrogen (secondary N) is 1. The fourth-order valence-electron chi connectivity index (χ4n) is 4.10. The third kappa shape index (κ3) is 4.53. The standard InChI is InChI=1S/C19H25ClN2O3/c20-15-5-3-4-14(12-15)13-21-8-10-22(11-9-21)18(23)16-6-1-2-7-17(16)19(24)25/h3-5,12,16-17H,1-2,6-11,13H2,(H,24,25)/t16-,17+/m0/s1. The number of quaternary nitrogens is 1. The van der Waals surface area contributed by atoms with E-state index in [0.29, 0.717) is 25.9 Å². The molecule has 0 unspecified atom stereocenters. The first-order valence-electron chi connectivity index (χ1n) is 9.12. The van der Waals surface area contributed by atoms with Gasteiger partial charge < -0.3 is 19.7 Å². The predicted molar refractivity (Wildman–Crippen MR) is 92.9 cm³/mol. The predicted octanol–water partition coefficient (Wildman–Crippen LogP) is 0.123. The van der Waals surface area contributed by atoms with Gasteiger partial charge in [0.25, 0.3) is 0 Å². The van der Waals surface area contributed by atoms with Gasteiger partial charge in [0.15, 0.2) is 0 Å². The van der Waals surface area contributed by atoms with Gasteiger partial charge in [-0.2, -0.15) is 0 Å². The number of benzene rings is 1. The summed E-state index contributed by atoms with van der Waals surface area (Å²) < 4.78 is 0. The summed E-state index contributed by atoms with van der Waals surface area (Å²) in [6.07, 6.45) is 3.05. The molecule has 3 rings (SSSR count). The number of rotatable bonds is 4. The third-order valence-corrected chi connectivity index (χ3v) is 5.75. The van der Waals surface area contributed by atoms with Crippen molar-refractivity contribution in [2.75, 3.05) is 26.2 Å². The van der Waals surface area contributed by atoms with Crippen molar-refractivity contribution in [3.05, 3.63) is 34.9 Å². The van der Waals surface area contributed by atoms with Gasteiger partial charge in [0.2, 0.25) is 5.91 Å². The molecule has 5 nitrogen and oxygen atoms in total. The number of piperazine rings is 1. The van der Waals surface area contributed by atoms with Crippen molar-refractivity contribution < 1.29 is 19.6 Å². The summed E-state index contributed by atoms with van der Waals surface area (Å²) >= 11 is 6.04. The zero-order chi connectivity index (χ0) is 17.8. The summed E-state index contributed by atoms with van der Waals surface area (Å²) in [5.41, 5.74) is 1.20. The van der Waals surface area contributed by atoms with Crippen LogP contribution in [-0.4, -0.2) is 43.0 Å². The largest absolute Gasteiger partial charge is 0.550 e. The number of carbonyl (C=O) groups is 2. The van der Waals surface area contributed by atoms with E-state index in [-0.39, 0.29) is 5.91 Å². The Bertz CT molecular complexity index is 629. The Hall–Kier alpha value is -1.59. The van der Waals surface area contributed by atoms with Gasteiger partial charge in [0.1, 0.15) is 6.54 Å². The fourth-order valence-corrected chi connectivity index (χ4v) is 4.31. The molecule has 1 saturated heterocycles. The maximum absolute atomic E-state index is 12.8. The number of carboxylic acids is 1. The van der Waals surface area contributed by atoms with Gasteiger partial charge in [-0.3, -0.25) is 4.79 Å². The minimum atomic E-state index is -1.07. The number of nitrogens with zero attached hydrogens (tertiary/aromatic N) is 1. The van der Waals surface area contributed by atoms with Crippen molar-refractivity contribution >= 4 is 23.5 Å². The molecular weight excluding hydrogens is 340 g/mol. The van der Waals surface area contributed by atoms with E-state index >= 15 is 0 Å². The molecule has 1 aromatic carbocycles. The summed E-state index contributed by atoms with van der Waals surface area (Å²) in [6, 6.07) is 7.89. The summed E-state index contributed by atoms with van der Waals surface area (Å²) in [4.78, 5) is 27.4. The van der Waals surface area contributed by atoms with E-state index in [1.807, 2.05) is 23.1 Å². The lowest BCUT2D eigenvalue weighted by molar-refractivity contribution is -0.917. The minimum Gasteiger partial charge on any atom is -0.550 e. The van der Waals surface area contributed by atoms with Gasteiger partial charge in [0.05, 0.1) is 26.2 Å². The van der Waals surface area contributed by atoms with Crippen LogP contribution in [0.25, 0.3) is 0 Å². The van der Waals surface area contributed by atoms with Gasteiger partial charge in [0, 0.05) is 28.4 Å². The highest BCUT2D eigenvalue weighted by atomic mass is 35.5. The molecule has 0 radical (unpaired) electrons. The fraction of sp³-hybridized carbons (Fsp3) is 0.579. The van der Waals surface area contributed by atoms with E-state index in [1.54, 1.807) is 0 Å². The van der Waals surface area contributed by atoms with E-state index in [1.165, 1.54) is 10.5 Å². The van der Waals surface area contributed by atoms with E-state index in [9.17, 15) is 14.7 Å². The maximum Gasteiger partial charge on any atom is 0.226 e. The second-order valence-corrected chi connectivity index (χ2v) is 7.63. The maximum atomic E-state index is 12.8. The number of carbonyl (C=O) groups excluding carboxylic acids is 2. The van der Waals surface area contributed by atoms with E-state index in [2.05, 4.69) is 6.07 Å². The summed E-state index contributed by atoms with van der Waals surface area (Å²) in [7, 11) is 0. The number of hydrogen-bond donors (Lipinski definition) is 1. The molecule has 1 amide bonds. The van der Waals surface area contributed by atoms with Crippen molar-refractivity contribution in [1.29, 1.82) is 0 Å². The normalized spacial score (nSPS) is 24.9. The quantitative estimate of drug-likeness (QED) is 0.825. The summed E-state index contributed by atoms with van der Waals surface area (Å²) in [5.74, 6) is -2.06. The van der Waals surface area contributed by atoms with Crippen LogP contribution in [0.3, 0.4) is 0 Å². The van der Waals surface area contributed by atoms with Crippen LogP contribution in [0, 0.1) is 11.8 Å². The molecule has 0 spiro atoms. The molecule has 1 aromatic rings. The van der Waals surface area contributed by atoms with Gasteiger partial charge in [-0.25, -0.2) is 0 Å². The van der Waals surface area contributed by atoms with Crippen LogP contribution in [-0.2, 0) is 16.1 Å². The highest BCUT2D eigenvalue weighted by Crippen LogP contribution is 2.31. The third-order valence-electron chi connectivity index (χ3n) is 5.51. The Morgan fingerprint density at radius 3 is 2.48 bits per heavy atom. The van der Waals surface area contributed by atoms with Crippen LogP contribution in [0.4, 0.5) is 0 Å². The molecule has 2 aliphatic rings. The molecule has 0 aromatic heterocycles. The van der Waals surface area contributed by atoms with Crippen LogP contribution >= 0.6 is 11.6 Å². The molecule has 2 fully saturated rings. The Balaban J connectivity index is 1.54. The lowest BCUT2D eigenvalue weighted by Gasteiger charge is -2.38. The number of hydrogen-bond acceptors (Lipinski definition) is 3. The monoisotopic (exact) mass is 364 g/mol. The number of aliphatic carboxylic acids is 1. The Labute approximate surface area is 153 Å². The zero-order valence-corrected chi connectivity index (χ0v) is 15.1. The van der Waals surface area contributed by atoms with Gasteiger partial charge >= 0.3 is 0 Å². The van der Waals surface area contributed by atoms with Crippen LogP contribution < -0.4 is 10.0 Å². The molecule has 2 atom stereocenters. The van der Waals surface area contributed by atoms with Crippen LogP contribution in [0.15, 0.2) is 24.3 Å². The SMILES string of the molecule is O=C([O-])[C@@H]1CCCC[C@@H]1C(=O)N1CC[NH+](Cc2cccc(Cl)c2)CC1. The molecular formula is C19H25ClN2O3. The highest BCUT2D eigenvalue weighted by Gasteiger charge is 2.36. The summed E-state index contributed by atoms with van der Waals surface area (Å²) in [6.45, 7) is 4.02. The van der Waals surface area contributed by atoms with Gasteiger partial charge in [-0.15, -0.1) is 0 Å². The molecule has 1 saturated carbocycles. The number of amides is 1. The molecule has 136 valence electrons. The number of carboxylic acid groups (broad SMARTS) is 1. The Morgan fingerprint density at radius 2 is 1.84 bits per heavy atom. The molecule has 1 N–H and O–H groups in total. The highest BCUT2D eigenvalue weighted by molar-refractivity contribution is 6.30. The van der Waals surface area contributed by atoms with E-state index in [0.717, 1.165) is 37.5 Å². The minimum absolute atomic E-state index is 0.00991. The Kier molecular flexibility index (Phi) is 5.97. The van der Waals surface area contributed by atoms with Crippen LogP contribution in [0.1, 0.15) is 31.2 Å². The average molecular weight is 365 g/mol. The molecule has 6 heteroatoms. The van der Waals surface area contributed by atoms with Crippen LogP contribution in [0.2, 0.25) is 5.02 Å². The molecule has 1 heterocycles. The number of halogens is 1. The molecule has 0 bridgehead atoms.